The van der Waals surface area contributed by atoms with Gasteiger partial charge in [-0.2, -0.15) is 0 Å². The SMILES string of the molecule is CCCCCC1=NOC(O)(c2ccccc2C(=O)O)C1. The van der Waals surface area contributed by atoms with Crippen molar-refractivity contribution in [2.75, 3.05) is 0 Å². The Morgan fingerprint density at radius 1 is 1.40 bits per heavy atom. The number of hydrogen-bond acceptors (Lipinski definition) is 4. The summed E-state index contributed by atoms with van der Waals surface area (Å²) in [5, 5.41) is 23.6. The van der Waals surface area contributed by atoms with E-state index >= 15 is 0 Å². The molecule has 108 valence electrons. The first-order valence-electron chi connectivity index (χ1n) is 6.86. The van der Waals surface area contributed by atoms with E-state index in [4.69, 9.17) is 4.84 Å². The van der Waals surface area contributed by atoms with Crippen molar-refractivity contribution in [2.24, 2.45) is 5.16 Å². The maximum atomic E-state index is 11.2. The number of aliphatic hydroxyl groups is 1. The van der Waals surface area contributed by atoms with Crippen LogP contribution < -0.4 is 0 Å². The number of unbranched alkanes of at least 4 members (excludes halogenated alkanes) is 2. The lowest BCUT2D eigenvalue weighted by molar-refractivity contribution is -0.193. The third-order valence-electron chi connectivity index (χ3n) is 3.42. The van der Waals surface area contributed by atoms with Crippen LogP contribution in [-0.4, -0.2) is 21.9 Å². The summed E-state index contributed by atoms with van der Waals surface area (Å²) < 4.78 is 0. The minimum absolute atomic E-state index is 0.0417. The lowest BCUT2D eigenvalue weighted by Crippen LogP contribution is -2.28. The number of hydrogen-bond donors (Lipinski definition) is 2. The normalized spacial score (nSPS) is 21.4. The smallest absolute Gasteiger partial charge is 0.336 e. The predicted octanol–water partition coefficient (Wildman–Crippen LogP) is 2.89. The molecule has 0 radical (unpaired) electrons. The van der Waals surface area contributed by atoms with E-state index in [1.165, 1.54) is 6.07 Å². The van der Waals surface area contributed by atoms with Gasteiger partial charge in [-0.05, 0) is 18.9 Å². The zero-order chi connectivity index (χ0) is 14.6. The average molecular weight is 277 g/mol. The highest BCUT2D eigenvalue weighted by atomic mass is 16.7. The molecule has 2 rings (SSSR count). The van der Waals surface area contributed by atoms with Crippen LogP contribution in [-0.2, 0) is 10.6 Å². The molecule has 0 saturated carbocycles. The molecule has 0 aliphatic carbocycles. The Morgan fingerprint density at radius 3 is 2.85 bits per heavy atom. The van der Waals surface area contributed by atoms with Crippen molar-refractivity contribution in [1.29, 1.82) is 0 Å². The molecule has 1 unspecified atom stereocenters. The first-order chi connectivity index (χ1) is 9.57. The molecule has 0 spiro atoms. The summed E-state index contributed by atoms with van der Waals surface area (Å²) in [4.78, 5) is 16.3. The topological polar surface area (TPSA) is 79.1 Å². The molecule has 0 amide bonds. The lowest BCUT2D eigenvalue weighted by Gasteiger charge is -2.21. The van der Waals surface area contributed by atoms with E-state index in [2.05, 4.69) is 12.1 Å². The van der Waals surface area contributed by atoms with Gasteiger partial charge in [0.1, 0.15) is 0 Å². The summed E-state index contributed by atoms with van der Waals surface area (Å²) in [6.45, 7) is 2.12. The van der Waals surface area contributed by atoms with Crippen molar-refractivity contribution >= 4 is 11.7 Å². The summed E-state index contributed by atoms with van der Waals surface area (Å²) in [6, 6.07) is 6.31. The predicted molar refractivity (Wildman–Crippen MR) is 74.6 cm³/mol. The van der Waals surface area contributed by atoms with Crippen LogP contribution in [0.4, 0.5) is 0 Å². The number of oxime groups is 1. The fourth-order valence-electron chi connectivity index (χ4n) is 2.35. The van der Waals surface area contributed by atoms with Gasteiger partial charge in [-0.1, -0.05) is 43.1 Å². The Morgan fingerprint density at radius 2 is 2.15 bits per heavy atom. The van der Waals surface area contributed by atoms with Crippen molar-refractivity contribution in [1.82, 2.24) is 0 Å². The van der Waals surface area contributed by atoms with Crippen LogP contribution in [0.3, 0.4) is 0 Å². The maximum absolute atomic E-state index is 11.2. The summed E-state index contributed by atoms with van der Waals surface area (Å²) in [5.41, 5.74) is 1.07. The Labute approximate surface area is 117 Å². The number of nitrogens with zero attached hydrogens (tertiary/aromatic N) is 1. The minimum Gasteiger partial charge on any atom is -0.478 e. The highest BCUT2D eigenvalue weighted by Crippen LogP contribution is 2.35. The monoisotopic (exact) mass is 277 g/mol. The fourth-order valence-corrected chi connectivity index (χ4v) is 2.35. The second-order valence-electron chi connectivity index (χ2n) is 5.02. The summed E-state index contributed by atoms with van der Waals surface area (Å²) in [6.07, 6.45) is 4.20. The van der Waals surface area contributed by atoms with Crippen LogP contribution >= 0.6 is 0 Å². The van der Waals surface area contributed by atoms with Gasteiger partial charge in [0.25, 0.3) is 5.79 Å². The van der Waals surface area contributed by atoms with Gasteiger partial charge >= 0.3 is 5.97 Å². The molecule has 1 heterocycles. The second-order valence-corrected chi connectivity index (χ2v) is 5.02. The van der Waals surface area contributed by atoms with Gasteiger partial charge in [-0.25, -0.2) is 4.79 Å². The number of carboxylic acid groups (broad SMARTS) is 1. The molecule has 1 aliphatic rings. The molecule has 1 aromatic rings. The summed E-state index contributed by atoms with van der Waals surface area (Å²) in [5.74, 6) is -2.74. The van der Waals surface area contributed by atoms with Gasteiger partial charge in [0.2, 0.25) is 0 Å². The quantitative estimate of drug-likeness (QED) is 0.784. The van der Waals surface area contributed by atoms with Crippen molar-refractivity contribution in [3.63, 3.8) is 0 Å². The van der Waals surface area contributed by atoms with Gasteiger partial charge in [0.05, 0.1) is 17.7 Å². The molecule has 0 aromatic heterocycles. The Kier molecular flexibility index (Phi) is 4.39. The first kappa shape index (κ1) is 14.5. The fraction of sp³-hybridized carbons (Fsp3) is 0.467. The van der Waals surface area contributed by atoms with Crippen LogP contribution in [0.15, 0.2) is 29.4 Å². The van der Waals surface area contributed by atoms with Crippen molar-refractivity contribution in [3.8, 4) is 0 Å². The lowest BCUT2D eigenvalue weighted by atomic mass is 9.94. The van der Waals surface area contributed by atoms with Crippen molar-refractivity contribution in [2.45, 2.75) is 44.8 Å². The zero-order valence-electron chi connectivity index (χ0n) is 11.5. The molecule has 1 aliphatic heterocycles. The van der Waals surface area contributed by atoms with E-state index < -0.39 is 11.8 Å². The van der Waals surface area contributed by atoms with E-state index in [9.17, 15) is 15.0 Å². The molecule has 20 heavy (non-hydrogen) atoms. The molecule has 5 nitrogen and oxygen atoms in total. The van der Waals surface area contributed by atoms with Gasteiger partial charge in [0.15, 0.2) is 0 Å². The average Bonchev–Trinajstić information content (AvgIpc) is 2.82. The molecule has 5 heteroatoms. The second kappa shape index (κ2) is 6.05. The van der Waals surface area contributed by atoms with Crippen molar-refractivity contribution in [3.05, 3.63) is 35.4 Å². The van der Waals surface area contributed by atoms with Gasteiger partial charge in [-0.3, -0.25) is 0 Å². The van der Waals surface area contributed by atoms with Crippen LogP contribution in [0.25, 0.3) is 0 Å². The molecule has 0 bridgehead atoms. The van der Waals surface area contributed by atoms with Crippen LogP contribution in [0, 0.1) is 0 Å². The highest BCUT2D eigenvalue weighted by molar-refractivity contribution is 5.91. The van der Waals surface area contributed by atoms with E-state index in [0.29, 0.717) is 0 Å². The Balaban J connectivity index is 2.13. The minimum atomic E-state index is -1.66. The van der Waals surface area contributed by atoms with E-state index in [-0.39, 0.29) is 17.5 Å². The number of carboxylic acids is 1. The Hall–Kier alpha value is -1.88. The first-order valence-corrected chi connectivity index (χ1v) is 6.86. The largest absolute Gasteiger partial charge is 0.478 e. The van der Waals surface area contributed by atoms with Gasteiger partial charge in [0, 0.05) is 5.56 Å². The van der Waals surface area contributed by atoms with Crippen LogP contribution in [0.1, 0.15) is 54.9 Å². The van der Waals surface area contributed by atoms with Crippen LogP contribution in [0.2, 0.25) is 0 Å². The molecule has 2 N–H and O–H groups in total. The number of benzene rings is 1. The van der Waals surface area contributed by atoms with Gasteiger partial charge < -0.3 is 15.1 Å². The molecule has 0 saturated heterocycles. The third kappa shape index (κ3) is 2.99. The zero-order valence-corrected chi connectivity index (χ0v) is 11.5. The van der Waals surface area contributed by atoms with E-state index in [1.807, 2.05) is 0 Å². The maximum Gasteiger partial charge on any atom is 0.336 e. The molecular formula is C15H19NO4. The number of rotatable bonds is 6. The van der Waals surface area contributed by atoms with Crippen molar-refractivity contribution < 1.29 is 19.8 Å². The standard InChI is InChI=1S/C15H19NO4/c1-2-3-4-7-11-10-15(19,20-16-11)13-9-6-5-8-12(13)14(17)18/h5-6,8-9,19H,2-4,7,10H2,1H3,(H,17,18). The number of aromatic carboxylic acids is 1. The molecular weight excluding hydrogens is 258 g/mol. The molecule has 1 atom stereocenters. The van der Waals surface area contributed by atoms with Crippen LogP contribution in [0.5, 0.6) is 0 Å². The summed E-state index contributed by atoms with van der Waals surface area (Å²) >= 11 is 0. The molecule has 0 fully saturated rings. The summed E-state index contributed by atoms with van der Waals surface area (Å²) in [7, 11) is 0. The number of carbonyl (C=O) groups is 1. The third-order valence-corrected chi connectivity index (χ3v) is 3.42. The van der Waals surface area contributed by atoms with Gasteiger partial charge in [-0.15, -0.1) is 0 Å². The van der Waals surface area contributed by atoms with E-state index in [1.54, 1.807) is 18.2 Å². The van der Waals surface area contributed by atoms with E-state index in [0.717, 1.165) is 31.4 Å². The molecule has 1 aromatic carbocycles. The Bertz CT molecular complexity index is 526. The highest BCUT2D eigenvalue weighted by Gasteiger charge is 2.41.